The van der Waals surface area contributed by atoms with Crippen molar-refractivity contribution in [2.45, 2.75) is 19.1 Å². The first-order valence-corrected chi connectivity index (χ1v) is 7.92. The summed E-state index contributed by atoms with van der Waals surface area (Å²) >= 11 is 5.48. The minimum Gasteiger partial charge on any atom is -0.452 e. The first-order chi connectivity index (χ1) is 13.1. The number of nitrogens with zero attached hydrogens (tertiary/aromatic N) is 2. The topological polar surface area (TPSA) is 80.0 Å². The predicted octanol–water partition coefficient (Wildman–Crippen LogP) is 4.67. The third-order valence-electron chi connectivity index (χ3n) is 3.76. The molecule has 148 valence electrons. The van der Waals surface area contributed by atoms with Crippen LogP contribution in [0.2, 0.25) is 5.28 Å². The van der Waals surface area contributed by atoms with Crippen LogP contribution < -0.4 is 10.6 Å². The Bertz CT molecular complexity index is 1040. The zero-order chi connectivity index (χ0) is 20.6. The average molecular weight is 421 g/mol. The number of hydrogen-bond acceptors (Lipinski definition) is 4. The molecule has 2 aromatic heterocycles. The average Bonchev–Trinajstić information content (AvgIpc) is 2.94. The Labute approximate surface area is 158 Å². The van der Waals surface area contributed by atoms with Gasteiger partial charge in [-0.25, -0.2) is 36.7 Å². The number of aryl methyl sites for hydroxylation is 1. The molecule has 1 unspecified atom stereocenters. The Morgan fingerprint density at radius 3 is 2.50 bits per heavy atom. The largest absolute Gasteiger partial charge is 0.452 e. The van der Waals surface area contributed by atoms with Crippen LogP contribution in [0.25, 0.3) is 11.0 Å². The van der Waals surface area contributed by atoms with E-state index in [4.69, 9.17) is 16.0 Å². The van der Waals surface area contributed by atoms with E-state index in [9.17, 15) is 22.4 Å². The highest BCUT2D eigenvalue weighted by molar-refractivity contribution is 6.28. The van der Waals surface area contributed by atoms with Gasteiger partial charge in [0.25, 0.3) is 6.43 Å². The lowest BCUT2D eigenvalue weighted by atomic mass is 10.1. The van der Waals surface area contributed by atoms with Crippen LogP contribution in [-0.4, -0.2) is 22.4 Å². The molecule has 2 heterocycles. The predicted molar refractivity (Wildman–Crippen MR) is 88.9 cm³/mol. The number of aromatic nitrogens is 2. The number of nitrogens with one attached hydrogen (secondary N) is 2. The number of carbonyl (C=O) groups is 1. The smallest absolute Gasteiger partial charge is 0.322 e. The molecule has 0 aliphatic carbocycles. The molecular weight excluding hydrogens is 411 g/mol. The van der Waals surface area contributed by atoms with Crippen LogP contribution in [-0.2, 0) is 5.79 Å². The van der Waals surface area contributed by atoms with Crippen LogP contribution in [0.4, 0.5) is 32.4 Å². The van der Waals surface area contributed by atoms with E-state index < -0.39 is 41.2 Å². The van der Waals surface area contributed by atoms with Gasteiger partial charge in [0.05, 0.1) is 18.1 Å². The number of benzene rings is 1. The Balaban J connectivity index is 1.97. The molecule has 0 radical (unpaired) electrons. The van der Waals surface area contributed by atoms with Crippen molar-refractivity contribution in [3.63, 3.8) is 0 Å². The number of amides is 2. The fourth-order valence-corrected chi connectivity index (χ4v) is 2.60. The van der Waals surface area contributed by atoms with E-state index in [-0.39, 0.29) is 21.9 Å². The number of urea groups is 1. The number of anilines is 1. The van der Waals surface area contributed by atoms with Gasteiger partial charge < -0.3 is 9.73 Å². The second-order valence-corrected chi connectivity index (χ2v) is 5.99. The van der Waals surface area contributed by atoms with Gasteiger partial charge in [-0.15, -0.1) is 0 Å². The summed E-state index contributed by atoms with van der Waals surface area (Å²) in [6, 6.07) is -0.129. The van der Waals surface area contributed by atoms with Crippen molar-refractivity contribution >= 4 is 34.3 Å². The van der Waals surface area contributed by atoms with Gasteiger partial charge in [0, 0.05) is 17.0 Å². The van der Waals surface area contributed by atoms with Crippen molar-refractivity contribution in [1.29, 1.82) is 0 Å². The van der Waals surface area contributed by atoms with Gasteiger partial charge in [-0.1, -0.05) is 0 Å². The fraction of sp³-hybridized carbons (Fsp3) is 0.188. The Hall–Kier alpha value is -2.95. The van der Waals surface area contributed by atoms with Crippen LogP contribution in [0.15, 0.2) is 28.9 Å². The molecule has 0 fully saturated rings. The second-order valence-electron chi connectivity index (χ2n) is 5.65. The van der Waals surface area contributed by atoms with E-state index in [1.54, 1.807) is 0 Å². The molecule has 0 saturated heterocycles. The molecule has 2 amide bonds. The van der Waals surface area contributed by atoms with Gasteiger partial charge in [0.2, 0.25) is 5.28 Å². The first kappa shape index (κ1) is 19.8. The number of halogens is 6. The lowest BCUT2D eigenvalue weighted by Crippen LogP contribution is -2.49. The summed E-state index contributed by atoms with van der Waals surface area (Å²) in [5.41, 5.74) is -0.982. The van der Waals surface area contributed by atoms with Gasteiger partial charge in [-0.3, -0.25) is 5.32 Å². The summed E-state index contributed by atoms with van der Waals surface area (Å²) in [4.78, 5) is 19.1. The standard InChI is InChI=1S/C16H10ClF5N4O2/c1-6-9-2-7(18)3-10(19)11(9)28-12(6)16(22,13(20)21)26-15(27)25-8-4-23-14(17)24-5-8/h2-5,13H,1H3,(H2,25,26,27). The molecule has 3 aromatic rings. The molecule has 0 aliphatic rings. The Morgan fingerprint density at radius 2 is 1.89 bits per heavy atom. The molecule has 6 nitrogen and oxygen atoms in total. The number of furan rings is 1. The van der Waals surface area contributed by atoms with Crippen molar-refractivity contribution in [2.75, 3.05) is 5.32 Å². The highest BCUT2D eigenvalue weighted by atomic mass is 35.5. The maximum Gasteiger partial charge on any atom is 0.322 e. The Kier molecular flexibility index (Phi) is 5.11. The zero-order valence-corrected chi connectivity index (χ0v) is 14.6. The quantitative estimate of drug-likeness (QED) is 0.365. The lowest BCUT2D eigenvalue weighted by Gasteiger charge is -2.24. The van der Waals surface area contributed by atoms with Crippen molar-refractivity contribution in [3.05, 3.63) is 52.8 Å². The lowest BCUT2D eigenvalue weighted by molar-refractivity contribution is -0.0664. The summed E-state index contributed by atoms with van der Waals surface area (Å²) in [7, 11) is 0. The van der Waals surface area contributed by atoms with Crippen LogP contribution >= 0.6 is 11.6 Å². The maximum atomic E-state index is 15.1. The van der Waals surface area contributed by atoms with Crippen LogP contribution in [0.3, 0.4) is 0 Å². The minimum atomic E-state index is -3.83. The van der Waals surface area contributed by atoms with E-state index in [1.807, 2.05) is 5.32 Å². The van der Waals surface area contributed by atoms with Crippen molar-refractivity contribution in [2.24, 2.45) is 0 Å². The van der Waals surface area contributed by atoms with Crippen LogP contribution in [0, 0.1) is 18.6 Å². The number of rotatable bonds is 4. The molecule has 0 bridgehead atoms. The van der Waals surface area contributed by atoms with Crippen molar-refractivity contribution < 1.29 is 31.2 Å². The molecule has 12 heteroatoms. The number of hydrogen-bond donors (Lipinski definition) is 2. The van der Waals surface area contributed by atoms with Gasteiger partial charge >= 0.3 is 11.8 Å². The minimum absolute atomic E-state index is 0.0621. The van der Waals surface area contributed by atoms with E-state index in [0.717, 1.165) is 25.4 Å². The highest BCUT2D eigenvalue weighted by Crippen LogP contribution is 2.39. The summed E-state index contributed by atoms with van der Waals surface area (Å²) in [5.74, 6) is -7.10. The maximum absolute atomic E-state index is 15.1. The molecule has 0 saturated carbocycles. The molecule has 0 spiro atoms. The number of fused-ring (bicyclic) bond motifs is 1. The number of carbonyl (C=O) groups excluding carboxylic acids is 1. The first-order valence-electron chi connectivity index (χ1n) is 7.54. The SMILES string of the molecule is Cc1c(C(F)(NC(=O)Nc2cnc(Cl)nc2)C(F)F)oc2c(F)cc(F)cc12. The third-order valence-corrected chi connectivity index (χ3v) is 3.96. The Morgan fingerprint density at radius 1 is 1.25 bits per heavy atom. The van der Waals surface area contributed by atoms with Gasteiger partial charge in [-0.2, -0.15) is 0 Å². The van der Waals surface area contributed by atoms with Gasteiger partial charge in [-0.05, 0) is 24.6 Å². The summed E-state index contributed by atoms with van der Waals surface area (Å²) in [5, 5.41) is 3.10. The van der Waals surface area contributed by atoms with Gasteiger partial charge in [0.1, 0.15) is 5.82 Å². The van der Waals surface area contributed by atoms with Crippen molar-refractivity contribution in [3.8, 4) is 0 Å². The molecule has 3 rings (SSSR count). The second kappa shape index (κ2) is 7.23. The molecular formula is C16H10ClF5N4O2. The van der Waals surface area contributed by atoms with E-state index >= 15 is 4.39 Å². The monoisotopic (exact) mass is 420 g/mol. The van der Waals surface area contributed by atoms with E-state index in [2.05, 4.69) is 9.97 Å². The highest BCUT2D eigenvalue weighted by Gasteiger charge is 2.49. The van der Waals surface area contributed by atoms with Crippen LogP contribution in [0.1, 0.15) is 11.3 Å². The molecule has 1 aromatic carbocycles. The zero-order valence-electron chi connectivity index (χ0n) is 13.9. The molecule has 1 atom stereocenters. The van der Waals surface area contributed by atoms with E-state index in [0.29, 0.717) is 6.07 Å². The summed E-state index contributed by atoms with van der Waals surface area (Å²) in [6.45, 7) is 1.13. The molecule has 28 heavy (non-hydrogen) atoms. The summed E-state index contributed by atoms with van der Waals surface area (Å²) < 4.78 is 74.3. The molecule has 0 aliphatic heterocycles. The summed E-state index contributed by atoms with van der Waals surface area (Å²) in [6.07, 6.45) is -1.68. The number of alkyl halides is 3. The molecule has 2 N–H and O–H groups in total. The van der Waals surface area contributed by atoms with Crippen molar-refractivity contribution in [1.82, 2.24) is 15.3 Å². The van der Waals surface area contributed by atoms with Gasteiger partial charge in [0.15, 0.2) is 17.2 Å². The fourth-order valence-electron chi connectivity index (χ4n) is 2.51. The normalized spacial score (nSPS) is 13.6. The van der Waals surface area contributed by atoms with E-state index in [1.165, 1.54) is 5.32 Å². The third kappa shape index (κ3) is 3.57. The van der Waals surface area contributed by atoms with Crippen LogP contribution in [0.5, 0.6) is 0 Å².